The summed E-state index contributed by atoms with van der Waals surface area (Å²) in [4.78, 5) is 22.1. The molecule has 0 aliphatic heterocycles. The van der Waals surface area contributed by atoms with Crippen LogP contribution in [0.5, 0.6) is 0 Å². The SMILES string of the molecule is C[C@H](NC(=O)[C@@H](N)Cc1cccc(F)c1)C(=O)O. The molecule has 0 aliphatic rings. The van der Waals surface area contributed by atoms with Gasteiger partial charge in [-0.2, -0.15) is 0 Å². The lowest BCUT2D eigenvalue weighted by Gasteiger charge is -2.14. The van der Waals surface area contributed by atoms with Crippen molar-refractivity contribution in [2.75, 3.05) is 0 Å². The van der Waals surface area contributed by atoms with Gasteiger partial charge in [0.05, 0.1) is 6.04 Å². The average Bonchev–Trinajstić information content (AvgIpc) is 2.28. The van der Waals surface area contributed by atoms with E-state index in [1.807, 2.05) is 0 Å². The maximum atomic E-state index is 12.9. The Hall–Kier alpha value is -1.95. The van der Waals surface area contributed by atoms with E-state index in [1.165, 1.54) is 25.1 Å². The summed E-state index contributed by atoms with van der Waals surface area (Å²) in [6.07, 6.45) is 0.149. The van der Waals surface area contributed by atoms with E-state index < -0.39 is 29.8 Å². The zero-order chi connectivity index (χ0) is 13.7. The van der Waals surface area contributed by atoms with Gasteiger partial charge in [-0.1, -0.05) is 12.1 Å². The maximum Gasteiger partial charge on any atom is 0.325 e. The zero-order valence-corrected chi connectivity index (χ0v) is 9.89. The van der Waals surface area contributed by atoms with Gasteiger partial charge >= 0.3 is 5.97 Å². The number of benzene rings is 1. The highest BCUT2D eigenvalue weighted by Gasteiger charge is 2.19. The number of rotatable bonds is 5. The van der Waals surface area contributed by atoms with Gasteiger partial charge in [-0.15, -0.1) is 0 Å². The molecule has 0 saturated carbocycles. The fourth-order valence-corrected chi connectivity index (χ4v) is 1.39. The van der Waals surface area contributed by atoms with E-state index in [0.717, 1.165) is 0 Å². The van der Waals surface area contributed by atoms with Crippen molar-refractivity contribution in [3.05, 3.63) is 35.6 Å². The highest BCUT2D eigenvalue weighted by Crippen LogP contribution is 2.05. The van der Waals surface area contributed by atoms with Crippen LogP contribution in [0, 0.1) is 5.82 Å². The summed E-state index contributed by atoms with van der Waals surface area (Å²) < 4.78 is 12.9. The molecule has 0 aliphatic carbocycles. The Morgan fingerprint density at radius 1 is 1.50 bits per heavy atom. The van der Waals surface area contributed by atoms with Crippen LogP contribution in [0.3, 0.4) is 0 Å². The predicted molar refractivity (Wildman–Crippen MR) is 63.3 cm³/mol. The van der Waals surface area contributed by atoms with Gasteiger partial charge in [0.1, 0.15) is 11.9 Å². The zero-order valence-electron chi connectivity index (χ0n) is 9.89. The van der Waals surface area contributed by atoms with E-state index in [2.05, 4.69) is 5.32 Å². The van der Waals surface area contributed by atoms with Gasteiger partial charge in [-0.25, -0.2) is 4.39 Å². The molecule has 1 rings (SSSR count). The van der Waals surface area contributed by atoms with E-state index in [4.69, 9.17) is 10.8 Å². The first-order chi connectivity index (χ1) is 8.40. The second-order valence-electron chi connectivity index (χ2n) is 4.01. The molecule has 2 atom stereocenters. The number of nitrogens with two attached hydrogens (primary N) is 1. The Morgan fingerprint density at radius 2 is 2.17 bits per heavy atom. The summed E-state index contributed by atoms with van der Waals surface area (Å²) in [5, 5.41) is 10.9. The van der Waals surface area contributed by atoms with E-state index >= 15 is 0 Å². The van der Waals surface area contributed by atoms with Crippen molar-refractivity contribution < 1.29 is 19.1 Å². The average molecular weight is 254 g/mol. The van der Waals surface area contributed by atoms with Crippen molar-refractivity contribution in [2.24, 2.45) is 5.73 Å². The molecule has 0 unspecified atom stereocenters. The third-order valence-electron chi connectivity index (χ3n) is 2.41. The van der Waals surface area contributed by atoms with Crippen molar-refractivity contribution in [3.63, 3.8) is 0 Å². The summed E-state index contributed by atoms with van der Waals surface area (Å²) in [7, 11) is 0. The molecule has 1 aromatic rings. The van der Waals surface area contributed by atoms with Crippen LogP contribution in [0.2, 0.25) is 0 Å². The normalized spacial score (nSPS) is 13.7. The first kappa shape index (κ1) is 14.1. The summed E-state index contributed by atoms with van der Waals surface area (Å²) in [6, 6.07) is 3.84. The Labute approximate surface area is 104 Å². The lowest BCUT2D eigenvalue weighted by Crippen LogP contribution is -2.48. The fourth-order valence-electron chi connectivity index (χ4n) is 1.39. The second kappa shape index (κ2) is 6.11. The molecule has 1 amide bonds. The highest BCUT2D eigenvalue weighted by atomic mass is 19.1. The van der Waals surface area contributed by atoms with Crippen LogP contribution in [0.1, 0.15) is 12.5 Å². The predicted octanol–water partition coefficient (Wildman–Crippen LogP) is 0.285. The number of aliphatic carboxylic acids is 1. The molecule has 0 radical (unpaired) electrons. The molecule has 0 bridgehead atoms. The number of carboxylic acids is 1. The first-order valence-corrected chi connectivity index (χ1v) is 5.43. The van der Waals surface area contributed by atoms with Crippen LogP contribution >= 0.6 is 0 Å². The quantitative estimate of drug-likeness (QED) is 0.704. The number of carbonyl (C=O) groups is 2. The van der Waals surface area contributed by atoms with Crippen LogP contribution in [-0.4, -0.2) is 29.1 Å². The minimum Gasteiger partial charge on any atom is -0.480 e. The summed E-state index contributed by atoms with van der Waals surface area (Å²) >= 11 is 0. The van der Waals surface area contributed by atoms with E-state index in [0.29, 0.717) is 5.56 Å². The smallest absolute Gasteiger partial charge is 0.325 e. The van der Waals surface area contributed by atoms with Crippen molar-refractivity contribution >= 4 is 11.9 Å². The monoisotopic (exact) mass is 254 g/mol. The summed E-state index contributed by atoms with van der Waals surface area (Å²) in [5.74, 6) is -2.12. The van der Waals surface area contributed by atoms with E-state index in [1.54, 1.807) is 6.07 Å². The molecule has 4 N–H and O–H groups in total. The molecule has 98 valence electrons. The Balaban J connectivity index is 2.57. The molecule has 0 aromatic heterocycles. The van der Waals surface area contributed by atoms with E-state index in [9.17, 15) is 14.0 Å². The molecular weight excluding hydrogens is 239 g/mol. The number of hydrogen-bond acceptors (Lipinski definition) is 3. The Morgan fingerprint density at radius 3 is 2.72 bits per heavy atom. The number of hydrogen-bond donors (Lipinski definition) is 3. The van der Waals surface area contributed by atoms with Gasteiger partial charge in [0, 0.05) is 0 Å². The van der Waals surface area contributed by atoms with Gasteiger partial charge in [0.15, 0.2) is 0 Å². The molecular formula is C12H15FN2O3. The van der Waals surface area contributed by atoms with Gasteiger partial charge in [-0.3, -0.25) is 9.59 Å². The third-order valence-corrected chi connectivity index (χ3v) is 2.41. The molecule has 0 heterocycles. The number of carbonyl (C=O) groups excluding carboxylic acids is 1. The Kier molecular flexibility index (Phi) is 4.79. The number of halogens is 1. The largest absolute Gasteiger partial charge is 0.480 e. The lowest BCUT2D eigenvalue weighted by molar-refractivity contribution is -0.141. The van der Waals surface area contributed by atoms with Crippen LogP contribution in [0.4, 0.5) is 4.39 Å². The molecule has 0 spiro atoms. The van der Waals surface area contributed by atoms with Gasteiger partial charge in [0.2, 0.25) is 5.91 Å². The topological polar surface area (TPSA) is 92.4 Å². The molecule has 0 saturated heterocycles. The van der Waals surface area contributed by atoms with Crippen LogP contribution in [-0.2, 0) is 16.0 Å². The van der Waals surface area contributed by atoms with Crippen LogP contribution < -0.4 is 11.1 Å². The molecule has 1 aromatic carbocycles. The molecule has 6 heteroatoms. The standard InChI is InChI=1S/C12H15FN2O3/c1-7(12(17)18)15-11(16)10(14)6-8-3-2-4-9(13)5-8/h2-5,7,10H,6,14H2,1H3,(H,15,16)(H,17,18)/t7-,10-/m0/s1. The minimum absolute atomic E-state index is 0.149. The van der Waals surface area contributed by atoms with Gasteiger partial charge in [-0.05, 0) is 31.0 Å². The van der Waals surface area contributed by atoms with Gasteiger partial charge < -0.3 is 16.2 Å². The molecule has 18 heavy (non-hydrogen) atoms. The number of amides is 1. The maximum absolute atomic E-state index is 12.9. The van der Waals surface area contributed by atoms with Crippen LogP contribution in [0.15, 0.2) is 24.3 Å². The fraction of sp³-hybridized carbons (Fsp3) is 0.333. The van der Waals surface area contributed by atoms with Crippen molar-refractivity contribution in [1.82, 2.24) is 5.32 Å². The van der Waals surface area contributed by atoms with Crippen molar-refractivity contribution in [2.45, 2.75) is 25.4 Å². The molecule has 0 fully saturated rings. The second-order valence-corrected chi connectivity index (χ2v) is 4.01. The third kappa shape index (κ3) is 4.14. The Bertz CT molecular complexity index is 451. The molecule has 5 nitrogen and oxygen atoms in total. The minimum atomic E-state index is -1.14. The van der Waals surface area contributed by atoms with E-state index in [-0.39, 0.29) is 6.42 Å². The summed E-state index contributed by atoms with van der Waals surface area (Å²) in [6.45, 7) is 1.34. The summed E-state index contributed by atoms with van der Waals surface area (Å²) in [5.41, 5.74) is 6.20. The van der Waals surface area contributed by atoms with Gasteiger partial charge in [0.25, 0.3) is 0 Å². The highest BCUT2D eigenvalue weighted by molar-refractivity contribution is 5.86. The number of carboxylic acid groups (broad SMARTS) is 1. The number of nitrogens with one attached hydrogen (secondary N) is 1. The first-order valence-electron chi connectivity index (χ1n) is 5.43. The van der Waals surface area contributed by atoms with Crippen LogP contribution in [0.25, 0.3) is 0 Å². The van der Waals surface area contributed by atoms with Crippen molar-refractivity contribution in [1.29, 1.82) is 0 Å². The lowest BCUT2D eigenvalue weighted by atomic mass is 10.1. The van der Waals surface area contributed by atoms with Crippen molar-refractivity contribution in [3.8, 4) is 0 Å².